The van der Waals surface area contributed by atoms with E-state index in [2.05, 4.69) is 50.7 Å². The molecule has 0 heterocycles. The molecule has 0 atom stereocenters. The number of amides is 1. The Morgan fingerprint density at radius 2 is 1.54 bits per heavy atom. The van der Waals surface area contributed by atoms with Crippen LogP contribution >= 0.6 is 15.9 Å². The maximum absolute atomic E-state index is 12.8. The lowest BCUT2D eigenvalue weighted by Gasteiger charge is -2.15. The van der Waals surface area contributed by atoms with Crippen molar-refractivity contribution in [3.63, 3.8) is 0 Å². The van der Waals surface area contributed by atoms with E-state index in [1.165, 1.54) is 5.39 Å². The van der Waals surface area contributed by atoms with Gasteiger partial charge in [0.05, 0.1) is 17.3 Å². The molecule has 0 aliphatic heterocycles. The van der Waals surface area contributed by atoms with Gasteiger partial charge in [0.1, 0.15) is 6.61 Å². The normalized spacial score (nSPS) is 11.2. The van der Waals surface area contributed by atoms with E-state index >= 15 is 0 Å². The maximum atomic E-state index is 12.8. The average Bonchev–Trinajstić information content (AvgIpc) is 2.92. The second kappa shape index (κ2) is 11.3. The van der Waals surface area contributed by atoms with Crippen molar-refractivity contribution in [2.45, 2.75) is 13.5 Å². The summed E-state index contributed by atoms with van der Waals surface area (Å²) in [4.78, 5) is 12.8. The topological polar surface area (TPSA) is 59.9 Å². The summed E-state index contributed by atoms with van der Waals surface area (Å²) < 4.78 is 12.8. The van der Waals surface area contributed by atoms with Gasteiger partial charge in [0.25, 0.3) is 5.91 Å². The predicted molar refractivity (Wildman–Crippen MR) is 153 cm³/mol. The summed E-state index contributed by atoms with van der Waals surface area (Å²) in [7, 11) is 0. The number of hydrazone groups is 1. The molecule has 0 saturated heterocycles. The molecule has 5 rings (SSSR count). The largest absolute Gasteiger partial charge is 0.490 e. The monoisotopic (exact) mass is 552 g/mol. The van der Waals surface area contributed by atoms with Crippen LogP contribution in [0, 0.1) is 0 Å². The van der Waals surface area contributed by atoms with Crippen LogP contribution in [0.2, 0.25) is 0 Å². The number of nitrogens with one attached hydrogen (secondary N) is 1. The first-order valence-corrected chi connectivity index (χ1v) is 12.8. The summed E-state index contributed by atoms with van der Waals surface area (Å²) in [6, 6.07) is 31.6. The second-order valence-corrected chi connectivity index (χ2v) is 9.27. The van der Waals surface area contributed by atoms with Crippen LogP contribution in [-0.4, -0.2) is 18.7 Å². The van der Waals surface area contributed by atoms with E-state index in [0.717, 1.165) is 31.8 Å². The third kappa shape index (κ3) is 5.49. The fraction of sp³-hybridized carbons (Fsp3) is 0.0968. The Morgan fingerprint density at radius 3 is 2.32 bits per heavy atom. The zero-order chi connectivity index (χ0) is 25.6. The van der Waals surface area contributed by atoms with Crippen LogP contribution in [0.4, 0.5) is 0 Å². The Bertz CT molecular complexity index is 1600. The van der Waals surface area contributed by atoms with Crippen molar-refractivity contribution in [1.82, 2.24) is 5.43 Å². The van der Waals surface area contributed by atoms with Crippen molar-refractivity contribution < 1.29 is 14.3 Å². The molecule has 1 amide bonds. The van der Waals surface area contributed by atoms with Crippen LogP contribution in [0.3, 0.4) is 0 Å². The predicted octanol–water partition coefficient (Wildman–Crippen LogP) is 7.50. The van der Waals surface area contributed by atoms with E-state index in [1.54, 1.807) is 12.3 Å². The number of rotatable bonds is 8. The number of carbonyl (C=O) groups is 1. The van der Waals surface area contributed by atoms with Crippen molar-refractivity contribution in [2.75, 3.05) is 6.61 Å². The van der Waals surface area contributed by atoms with Crippen LogP contribution in [0.25, 0.3) is 21.5 Å². The number of nitrogens with zero attached hydrogens (tertiary/aromatic N) is 1. The van der Waals surface area contributed by atoms with Gasteiger partial charge in [-0.1, -0.05) is 78.9 Å². The third-order valence-corrected chi connectivity index (χ3v) is 6.59. The van der Waals surface area contributed by atoms with Crippen molar-refractivity contribution in [2.24, 2.45) is 5.10 Å². The molecule has 5 aromatic carbocycles. The summed E-state index contributed by atoms with van der Waals surface area (Å²) in [5.41, 5.74) is 5.05. The van der Waals surface area contributed by atoms with Crippen LogP contribution in [0.1, 0.15) is 28.4 Å². The van der Waals surface area contributed by atoms with Crippen LogP contribution in [0.15, 0.2) is 107 Å². The molecule has 0 aliphatic rings. The number of ether oxygens (including phenoxy) is 2. The lowest BCUT2D eigenvalue weighted by molar-refractivity contribution is 0.0957. The minimum atomic E-state index is -0.271. The number of fused-ring (bicyclic) bond motifs is 2. The van der Waals surface area contributed by atoms with E-state index in [-0.39, 0.29) is 5.91 Å². The number of benzene rings is 5. The van der Waals surface area contributed by atoms with Gasteiger partial charge in [0.2, 0.25) is 0 Å². The van der Waals surface area contributed by atoms with Crippen LogP contribution < -0.4 is 14.9 Å². The molecule has 184 valence electrons. The number of hydrogen-bond acceptors (Lipinski definition) is 4. The lowest BCUT2D eigenvalue weighted by Crippen LogP contribution is -2.17. The van der Waals surface area contributed by atoms with E-state index in [4.69, 9.17) is 9.47 Å². The standard InChI is InChI=1S/C31H25BrN2O3/c1-2-36-29-18-21(19-33-34-31(35)27-16-8-12-23-10-4-6-15-26(23)27)17-28(32)30(29)37-20-24-13-7-11-22-9-3-5-14-25(22)24/h3-19H,2,20H2,1H3,(H,34,35). The zero-order valence-corrected chi connectivity index (χ0v) is 21.9. The molecule has 0 bridgehead atoms. The Morgan fingerprint density at radius 1 is 0.865 bits per heavy atom. The molecule has 0 radical (unpaired) electrons. The van der Waals surface area contributed by atoms with Gasteiger partial charge < -0.3 is 9.47 Å². The summed E-state index contributed by atoms with van der Waals surface area (Å²) in [6.07, 6.45) is 1.59. The SMILES string of the molecule is CCOc1cc(C=NNC(=O)c2cccc3ccccc23)cc(Br)c1OCc1cccc2ccccc12. The van der Waals surface area contributed by atoms with E-state index < -0.39 is 0 Å². The smallest absolute Gasteiger partial charge is 0.271 e. The molecule has 5 aromatic rings. The van der Waals surface area contributed by atoms with Crippen molar-refractivity contribution in [3.05, 3.63) is 118 Å². The van der Waals surface area contributed by atoms with E-state index in [0.29, 0.717) is 30.3 Å². The lowest BCUT2D eigenvalue weighted by atomic mass is 10.0. The van der Waals surface area contributed by atoms with Crippen molar-refractivity contribution in [3.8, 4) is 11.5 Å². The Balaban J connectivity index is 1.33. The first-order chi connectivity index (χ1) is 18.1. The summed E-state index contributed by atoms with van der Waals surface area (Å²) in [6.45, 7) is 2.80. The molecule has 0 fully saturated rings. The second-order valence-electron chi connectivity index (χ2n) is 8.42. The molecule has 0 unspecified atom stereocenters. The van der Waals surface area contributed by atoms with Crippen molar-refractivity contribution >= 4 is 49.6 Å². The third-order valence-electron chi connectivity index (χ3n) is 6.00. The molecule has 37 heavy (non-hydrogen) atoms. The van der Waals surface area contributed by atoms with E-state index in [9.17, 15) is 4.79 Å². The molecule has 6 heteroatoms. The first-order valence-electron chi connectivity index (χ1n) is 12.0. The van der Waals surface area contributed by atoms with Gasteiger partial charge in [-0.15, -0.1) is 0 Å². The first kappa shape index (κ1) is 24.5. The van der Waals surface area contributed by atoms with Gasteiger partial charge >= 0.3 is 0 Å². The van der Waals surface area contributed by atoms with Gasteiger partial charge in [-0.25, -0.2) is 5.43 Å². The van der Waals surface area contributed by atoms with Gasteiger partial charge in [0, 0.05) is 5.56 Å². The quantitative estimate of drug-likeness (QED) is 0.160. The molecule has 5 nitrogen and oxygen atoms in total. The average molecular weight is 553 g/mol. The Labute approximate surface area is 223 Å². The highest BCUT2D eigenvalue weighted by atomic mass is 79.9. The number of carbonyl (C=O) groups excluding carboxylic acids is 1. The molecular weight excluding hydrogens is 528 g/mol. The highest BCUT2D eigenvalue weighted by Crippen LogP contribution is 2.37. The fourth-order valence-corrected chi connectivity index (χ4v) is 4.86. The molecule has 0 spiro atoms. The molecule has 0 aliphatic carbocycles. The van der Waals surface area contributed by atoms with Gasteiger partial charge in [-0.3, -0.25) is 4.79 Å². The van der Waals surface area contributed by atoms with Crippen LogP contribution in [0.5, 0.6) is 11.5 Å². The summed E-state index contributed by atoms with van der Waals surface area (Å²) in [5, 5.41) is 8.40. The summed E-state index contributed by atoms with van der Waals surface area (Å²) >= 11 is 3.62. The van der Waals surface area contributed by atoms with Gasteiger partial charge in [-0.2, -0.15) is 5.10 Å². The zero-order valence-electron chi connectivity index (χ0n) is 20.3. The number of hydrogen-bond donors (Lipinski definition) is 1. The Hall–Kier alpha value is -4.16. The minimum Gasteiger partial charge on any atom is -0.490 e. The molecule has 0 saturated carbocycles. The highest BCUT2D eigenvalue weighted by molar-refractivity contribution is 9.10. The maximum Gasteiger partial charge on any atom is 0.271 e. The highest BCUT2D eigenvalue weighted by Gasteiger charge is 2.14. The fourth-order valence-electron chi connectivity index (χ4n) is 4.28. The van der Waals surface area contributed by atoms with Crippen molar-refractivity contribution in [1.29, 1.82) is 0 Å². The van der Waals surface area contributed by atoms with Gasteiger partial charge in [0.15, 0.2) is 11.5 Å². The van der Waals surface area contributed by atoms with Gasteiger partial charge in [-0.05, 0) is 73.7 Å². The molecular formula is C31H25BrN2O3. The molecule has 0 aromatic heterocycles. The minimum absolute atomic E-state index is 0.271. The molecule has 1 N–H and O–H groups in total. The van der Waals surface area contributed by atoms with E-state index in [1.807, 2.05) is 73.7 Å². The number of halogens is 1. The Kier molecular flexibility index (Phi) is 7.47. The summed E-state index contributed by atoms with van der Waals surface area (Å²) in [5.74, 6) is 0.942. The van der Waals surface area contributed by atoms with Crippen LogP contribution in [-0.2, 0) is 6.61 Å².